The molecule has 4 rings (SSSR count). The maximum Gasteiger partial charge on any atom is 0.264 e. The predicted octanol–water partition coefficient (Wildman–Crippen LogP) is 2.74. The van der Waals surface area contributed by atoms with Crippen molar-refractivity contribution >= 4 is 16.9 Å². The number of hydrogen-bond acceptors (Lipinski definition) is 4. The number of aryl methyl sites for hydroxylation is 1. The van der Waals surface area contributed by atoms with Crippen LogP contribution in [0, 0.1) is 12.7 Å². The van der Waals surface area contributed by atoms with Crippen LogP contribution in [0.1, 0.15) is 17.8 Å². The van der Waals surface area contributed by atoms with Gasteiger partial charge in [-0.1, -0.05) is 30.3 Å². The summed E-state index contributed by atoms with van der Waals surface area (Å²) in [5, 5.41) is 7.48. The van der Waals surface area contributed by atoms with Crippen molar-refractivity contribution in [3.63, 3.8) is 0 Å². The van der Waals surface area contributed by atoms with Gasteiger partial charge >= 0.3 is 0 Å². The first-order valence-electron chi connectivity index (χ1n) is 9.54. The number of para-hydroxylation sites is 1. The maximum absolute atomic E-state index is 12.9. The number of nitrogens with zero attached hydrogens (tertiary/aromatic N) is 4. The van der Waals surface area contributed by atoms with Gasteiger partial charge in [-0.05, 0) is 36.8 Å². The first-order chi connectivity index (χ1) is 14.5. The van der Waals surface area contributed by atoms with Gasteiger partial charge in [-0.25, -0.2) is 14.1 Å². The second-order valence-corrected chi connectivity index (χ2v) is 6.90. The number of nitrogens with one attached hydrogen (secondary N) is 1. The summed E-state index contributed by atoms with van der Waals surface area (Å²) >= 11 is 0. The standard InChI is InChI=1S/C22H20FN5O2/c1-15-26-21-19(14-25-28(21)18-5-3-2-4-6-18)22(30)27(15)12-11-20(29)24-13-16-7-9-17(23)10-8-16/h2-10,14H,11-13H2,1H3,(H,24,29). The average Bonchev–Trinajstić information content (AvgIpc) is 3.17. The number of aromatic nitrogens is 4. The lowest BCUT2D eigenvalue weighted by Gasteiger charge is -2.11. The van der Waals surface area contributed by atoms with Crippen molar-refractivity contribution in [2.24, 2.45) is 0 Å². The van der Waals surface area contributed by atoms with E-state index in [0.29, 0.717) is 23.4 Å². The summed E-state index contributed by atoms with van der Waals surface area (Å²) in [5.41, 5.74) is 1.87. The number of rotatable bonds is 6. The highest BCUT2D eigenvalue weighted by molar-refractivity contribution is 5.76. The molecule has 4 aromatic rings. The van der Waals surface area contributed by atoms with Gasteiger partial charge in [0.15, 0.2) is 5.65 Å². The van der Waals surface area contributed by atoms with Crippen LogP contribution in [0.15, 0.2) is 65.6 Å². The third kappa shape index (κ3) is 3.98. The minimum atomic E-state index is -0.321. The number of fused-ring (bicyclic) bond motifs is 1. The summed E-state index contributed by atoms with van der Waals surface area (Å²) in [7, 11) is 0. The largest absolute Gasteiger partial charge is 0.352 e. The Morgan fingerprint density at radius 3 is 2.57 bits per heavy atom. The molecule has 0 unspecified atom stereocenters. The molecule has 2 heterocycles. The van der Waals surface area contributed by atoms with Crippen molar-refractivity contribution in [1.82, 2.24) is 24.6 Å². The van der Waals surface area contributed by atoms with E-state index in [1.54, 1.807) is 23.7 Å². The van der Waals surface area contributed by atoms with E-state index in [2.05, 4.69) is 15.4 Å². The van der Waals surface area contributed by atoms with Crippen molar-refractivity contribution in [2.45, 2.75) is 26.4 Å². The molecule has 0 aliphatic heterocycles. The molecule has 1 amide bonds. The minimum absolute atomic E-state index is 0.127. The first-order valence-corrected chi connectivity index (χ1v) is 9.54. The lowest BCUT2D eigenvalue weighted by atomic mass is 10.2. The molecule has 0 aliphatic carbocycles. The Morgan fingerprint density at radius 1 is 1.10 bits per heavy atom. The Kier molecular flexibility index (Phi) is 5.38. The Bertz CT molecular complexity index is 1250. The van der Waals surface area contributed by atoms with Crippen LogP contribution in [-0.4, -0.2) is 25.2 Å². The summed E-state index contributed by atoms with van der Waals surface area (Å²) in [6, 6.07) is 15.4. The monoisotopic (exact) mass is 405 g/mol. The van der Waals surface area contributed by atoms with Gasteiger partial charge in [-0.3, -0.25) is 14.2 Å². The molecule has 0 bridgehead atoms. The van der Waals surface area contributed by atoms with Gasteiger partial charge in [-0.15, -0.1) is 0 Å². The molecule has 7 nitrogen and oxygen atoms in total. The molecule has 0 aliphatic rings. The molecule has 2 aromatic carbocycles. The van der Waals surface area contributed by atoms with Crippen LogP contribution < -0.4 is 10.9 Å². The number of carbonyl (C=O) groups excluding carboxylic acids is 1. The molecule has 30 heavy (non-hydrogen) atoms. The number of carbonyl (C=O) groups is 1. The fraction of sp³-hybridized carbons (Fsp3) is 0.182. The summed E-state index contributed by atoms with van der Waals surface area (Å²) in [6.07, 6.45) is 1.63. The summed E-state index contributed by atoms with van der Waals surface area (Å²) in [6.45, 7) is 2.24. The van der Waals surface area contributed by atoms with E-state index in [1.165, 1.54) is 22.9 Å². The Balaban J connectivity index is 1.48. The molecule has 0 saturated heterocycles. The first kappa shape index (κ1) is 19.5. The molecular formula is C22H20FN5O2. The Morgan fingerprint density at radius 2 is 1.83 bits per heavy atom. The second-order valence-electron chi connectivity index (χ2n) is 6.90. The molecule has 0 spiro atoms. The van der Waals surface area contributed by atoms with Crippen LogP contribution in [0.3, 0.4) is 0 Å². The van der Waals surface area contributed by atoms with Gasteiger partial charge in [0.25, 0.3) is 5.56 Å². The highest BCUT2D eigenvalue weighted by atomic mass is 19.1. The summed E-state index contributed by atoms with van der Waals surface area (Å²) in [4.78, 5) is 29.7. The maximum atomic E-state index is 12.9. The number of hydrogen-bond donors (Lipinski definition) is 1. The van der Waals surface area contributed by atoms with Crippen LogP contribution in [0.2, 0.25) is 0 Å². The van der Waals surface area contributed by atoms with Crippen molar-refractivity contribution in [3.8, 4) is 5.69 Å². The number of benzene rings is 2. The molecule has 1 N–H and O–H groups in total. The van der Waals surface area contributed by atoms with E-state index in [-0.39, 0.29) is 30.2 Å². The fourth-order valence-corrected chi connectivity index (χ4v) is 3.23. The fourth-order valence-electron chi connectivity index (χ4n) is 3.23. The van der Waals surface area contributed by atoms with Gasteiger partial charge in [0.1, 0.15) is 17.0 Å². The van der Waals surface area contributed by atoms with Crippen molar-refractivity contribution < 1.29 is 9.18 Å². The summed E-state index contributed by atoms with van der Waals surface area (Å²) < 4.78 is 16.1. The van der Waals surface area contributed by atoms with E-state index >= 15 is 0 Å². The molecular weight excluding hydrogens is 385 g/mol. The number of halogens is 1. The smallest absolute Gasteiger partial charge is 0.264 e. The quantitative estimate of drug-likeness (QED) is 0.535. The van der Waals surface area contributed by atoms with Gasteiger partial charge < -0.3 is 5.32 Å². The van der Waals surface area contributed by atoms with Crippen LogP contribution in [-0.2, 0) is 17.9 Å². The Labute approximate surface area is 171 Å². The molecule has 0 radical (unpaired) electrons. The lowest BCUT2D eigenvalue weighted by molar-refractivity contribution is -0.121. The van der Waals surface area contributed by atoms with Crippen molar-refractivity contribution in [2.75, 3.05) is 0 Å². The third-order valence-corrected chi connectivity index (χ3v) is 4.84. The van der Waals surface area contributed by atoms with Crippen molar-refractivity contribution in [3.05, 3.63) is 88.4 Å². The lowest BCUT2D eigenvalue weighted by Crippen LogP contribution is -2.29. The van der Waals surface area contributed by atoms with Gasteiger partial charge in [0.2, 0.25) is 5.91 Å². The van der Waals surface area contributed by atoms with Crippen LogP contribution in [0.5, 0.6) is 0 Å². The van der Waals surface area contributed by atoms with E-state index in [1.807, 2.05) is 30.3 Å². The molecule has 0 atom stereocenters. The third-order valence-electron chi connectivity index (χ3n) is 4.84. The van der Waals surface area contributed by atoms with Crippen LogP contribution >= 0.6 is 0 Å². The molecule has 2 aromatic heterocycles. The zero-order valence-electron chi connectivity index (χ0n) is 16.4. The zero-order valence-corrected chi connectivity index (χ0v) is 16.4. The van der Waals surface area contributed by atoms with Gasteiger partial charge in [0, 0.05) is 19.5 Å². The van der Waals surface area contributed by atoms with E-state index < -0.39 is 0 Å². The highest BCUT2D eigenvalue weighted by Crippen LogP contribution is 2.14. The van der Waals surface area contributed by atoms with E-state index in [0.717, 1.165) is 11.3 Å². The van der Waals surface area contributed by atoms with Gasteiger partial charge in [-0.2, -0.15) is 5.10 Å². The molecule has 0 saturated carbocycles. The van der Waals surface area contributed by atoms with Crippen molar-refractivity contribution in [1.29, 1.82) is 0 Å². The second kappa shape index (κ2) is 8.28. The zero-order chi connectivity index (χ0) is 21.1. The highest BCUT2D eigenvalue weighted by Gasteiger charge is 2.14. The van der Waals surface area contributed by atoms with E-state index in [9.17, 15) is 14.0 Å². The molecule has 152 valence electrons. The normalized spacial score (nSPS) is 11.0. The van der Waals surface area contributed by atoms with E-state index in [4.69, 9.17) is 0 Å². The SMILES string of the molecule is Cc1nc2c(cnn2-c2ccccc2)c(=O)n1CCC(=O)NCc1ccc(F)cc1. The number of amides is 1. The molecule has 0 fully saturated rings. The predicted molar refractivity (Wildman–Crippen MR) is 111 cm³/mol. The van der Waals surface area contributed by atoms with Crippen LogP contribution in [0.4, 0.5) is 4.39 Å². The Hall–Kier alpha value is -3.81. The van der Waals surface area contributed by atoms with Gasteiger partial charge in [0.05, 0.1) is 11.9 Å². The average molecular weight is 405 g/mol. The van der Waals surface area contributed by atoms with Crippen LogP contribution in [0.25, 0.3) is 16.7 Å². The molecule has 8 heteroatoms. The summed E-state index contributed by atoms with van der Waals surface area (Å²) in [5.74, 6) is -0.0133. The minimum Gasteiger partial charge on any atom is -0.352 e. The topological polar surface area (TPSA) is 81.8 Å².